The molecule has 1 aromatic rings. The van der Waals surface area contributed by atoms with E-state index >= 15 is 0 Å². The minimum absolute atomic E-state index is 0.316. The fraction of sp³-hybridized carbons (Fsp3) is 0.333. The summed E-state index contributed by atoms with van der Waals surface area (Å²) in [4.78, 5) is 0. The number of benzene rings is 1. The van der Waals surface area contributed by atoms with Crippen molar-refractivity contribution in [2.75, 3.05) is 0 Å². The molecule has 1 rings (SSSR count). The van der Waals surface area contributed by atoms with Gasteiger partial charge in [0.05, 0.1) is 0 Å². The highest BCUT2D eigenvalue weighted by Crippen LogP contribution is 2.22. The van der Waals surface area contributed by atoms with Crippen LogP contribution in [0.15, 0.2) is 22.7 Å². The maximum atomic E-state index is 9.08. The van der Waals surface area contributed by atoms with Gasteiger partial charge in [-0.25, -0.2) is 0 Å². The molecule has 0 aliphatic carbocycles. The quantitative estimate of drug-likeness (QED) is 0.803. The van der Waals surface area contributed by atoms with Gasteiger partial charge in [0.25, 0.3) is 0 Å². The molecular formula is C9H11BrO. The van der Waals surface area contributed by atoms with Crippen molar-refractivity contribution < 1.29 is 5.11 Å². The molecule has 1 aromatic carbocycles. The Morgan fingerprint density at radius 3 is 2.73 bits per heavy atom. The topological polar surface area (TPSA) is 20.2 Å². The Morgan fingerprint density at radius 1 is 1.45 bits per heavy atom. The molecule has 2 heteroatoms. The SMILES string of the molecule is CCCc1ccc(O)cc1Br. The molecule has 1 nitrogen and oxygen atoms in total. The van der Waals surface area contributed by atoms with Crippen molar-refractivity contribution in [1.82, 2.24) is 0 Å². The Kier molecular flexibility index (Phi) is 2.94. The second kappa shape index (κ2) is 3.77. The first-order chi connectivity index (χ1) is 5.24. The Hall–Kier alpha value is -0.500. The fourth-order valence-corrected chi connectivity index (χ4v) is 1.57. The number of hydrogen-bond donors (Lipinski definition) is 1. The number of phenols is 1. The molecule has 60 valence electrons. The zero-order valence-electron chi connectivity index (χ0n) is 6.47. The van der Waals surface area contributed by atoms with Crippen LogP contribution in [-0.2, 0) is 6.42 Å². The van der Waals surface area contributed by atoms with Gasteiger partial charge in [-0.05, 0) is 24.1 Å². The van der Waals surface area contributed by atoms with Crippen LogP contribution < -0.4 is 0 Å². The number of rotatable bonds is 2. The third kappa shape index (κ3) is 2.22. The highest BCUT2D eigenvalue weighted by Gasteiger charge is 1.98. The van der Waals surface area contributed by atoms with E-state index < -0.39 is 0 Å². The normalized spacial score (nSPS) is 10.0. The van der Waals surface area contributed by atoms with Gasteiger partial charge in [-0.15, -0.1) is 0 Å². The molecule has 0 aliphatic heterocycles. The van der Waals surface area contributed by atoms with Crippen LogP contribution in [0.5, 0.6) is 5.75 Å². The first kappa shape index (κ1) is 8.60. The molecule has 11 heavy (non-hydrogen) atoms. The molecule has 0 unspecified atom stereocenters. The summed E-state index contributed by atoms with van der Waals surface area (Å²) in [6, 6.07) is 5.39. The molecule has 1 N–H and O–H groups in total. The van der Waals surface area contributed by atoms with Gasteiger partial charge in [0.1, 0.15) is 5.75 Å². The Morgan fingerprint density at radius 2 is 2.18 bits per heavy atom. The zero-order chi connectivity index (χ0) is 8.27. The highest BCUT2D eigenvalue weighted by atomic mass is 79.9. The number of aryl methyl sites for hydroxylation is 1. The van der Waals surface area contributed by atoms with Crippen LogP contribution in [-0.4, -0.2) is 5.11 Å². The first-order valence-electron chi connectivity index (χ1n) is 3.71. The summed E-state index contributed by atoms with van der Waals surface area (Å²) >= 11 is 3.39. The standard InChI is InChI=1S/C9H11BrO/c1-2-3-7-4-5-8(11)6-9(7)10/h4-6,11H,2-3H2,1H3. The number of hydrogen-bond acceptors (Lipinski definition) is 1. The van der Waals surface area contributed by atoms with Gasteiger partial charge >= 0.3 is 0 Å². The molecule has 0 amide bonds. The van der Waals surface area contributed by atoms with Gasteiger partial charge in [0, 0.05) is 4.47 Å². The number of halogens is 1. The van der Waals surface area contributed by atoms with Gasteiger partial charge in [0.15, 0.2) is 0 Å². The van der Waals surface area contributed by atoms with E-state index in [4.69, 9.17) is 5.11 Å². The molecule has 0 aliphatic rings. The van der Waals surface area contributed by atoms with E-state index in [0.29, 0.717) is 5.75 Å². The van der Waals surface area contributed by atoms with E-state index in [9.17, 15) is 0 Å². The van der Waals surface area contributed by atoms with Crippen LogP contribution in [0.1, 0.15) is 18.9 Å². The van der Waals surface area contributed by atoms with E-state index in [2.05, 4.69) is 22.9 Å². The molecule has 0 fully saturated rings. The maximum absolute atomic E-state index is 9.08. The molecule has 0 bridgehead atoms. The van der Waals surface area contributed by atoms with Gasteiger partial charge in [-0.1, -0.05) is 35.3 Å². The highest BCUT2D eigenvalue weighted by molar-refractivity contribution is 9.10. The molecule has 0 heterocycles. The second-order valence-corrected chi connectivity index (χ2v) is 3.38. The lowest BCUT2D eigenvalue weighted by Gasteiger charge is -2.01. The largest absolute Gasteiger partial charge is 0.508 e. The summed E-state index contributed by atoms with van der Waals surface area (Å²) < 4.78 is 0.999. The molecular weight excluding hydrogens is 204 g/mol. The van der Waals surface area contributed by atoms with Crippen LogP contribution in [0.3, 0.4) is 0 Å². The average Bonchev–Trinajstić information content (AvgIpc) is 1.95. The number of phenolic OH excluding ortho intramolecular Hbond substituents is 1. The summed E-state index contributed by atoms with van der Waals surface area (Å²) in [6.45, 7) is 2.14. The van der Waals surface area contributed by atoms with Gasteiger partial charge in [0.2, 0.25) is 0 Å². The summed E-state index contributed by atoms with van der Waals surface area (Å²) in [6.07, 6.45) is 2.18. The Labute approximate surface area is 75.2 Å². The minimum Gasteiger partial charge on any atom is -0.508 e. The summed E-state index contributed by atoms with van der Waals surface area (Å²) in [7, 11) is 0. The predicted octanol–water partition coefficient (Wildman–Crippen LogP) is 3.11. The molecule has 0 saturated heterocycles. The van der Waals surface area contributed by atoms with E-state index in [-0.39, 0.29) is 0 Å². The van der Waals surface area contributed by atoms with Crippen molar-refractivity contribution in [3.63, 3.8) is 0 Å². The monoisotopic (exact) mass is 214 g/mol. The van der Waals surface area contributed by atoms with E-state index in [1.807, 2.05) is 6.07 Å². The lowest BCUT2D eigenvalue weighted by Crippen LogP contribution is -1.83. The number of aromatic hydroxyl groups is 1. The molecule has 0 atom stereocenters. The first-order valence-corrected chi connectivity index (χ1v) is 4.50. The third-order valence-electron chi connectivity index (χ3n) is 1.56. The van der Waals surface area contributed by atoms with Crippen molar-refractivity contribution in [3.8, 4) is 5.75 Å². The van der Waals surface area contributed by atoms with Crippen LogP contribution in [0, 0.1) is 0 Å². The van der Waals surface area contributed by atoms with E-state index in [1.54, 1.807) is 12.1 Å². The van der Waals surface area contributed by atoms with E-state index in [0.717, 1.165) is 17.3 Å². The smallest absolute Gasteiger partial charge is 0.116 e. The summed E-state index contributed by atoms with van der Waals surface area (Å²) in [5.74, 6) is 0.316. The van der Waals surface area contributed by atoms with Crippen molar-refractivity contribution >= 4 is 15.9 Å². The van der Waals surface area contributed by atoms with Gasteiger partial charge in [-0.2, -0.15) is 0 Å². The third-order valence-corrected chi connectivity index (χ3v) is 2.29. The van der Waals surface area contributed by atoms with Crippen molar-refractivity contribution in [3.05, 3.63) is 28.2 Å². The fourth-order valence-electron chi connectivity index (χ4n) is 1.01. The minimum atomic E-state index is 0.316. The van der Waals surface area contributed by atoms with Crippen LogP contribution >= 0.6 is 15.9 Å². The summed E-state index contributed by atoms with van der Waals surface area (Å²) in [5.41, 5.74) is 1.25. The zero-order valence-corrected chi connectivity index (χ0v) is 8.06. The van der Waals surface area contributed by atoms with Crippen molar-refractivity contribution in [2.45, 2.75) is 19.8 Å². The lowest BCUT2D eigenvalue weighted by molar-refractivity contribution is 0.474. The van der Waals surface area contributed by atoms with Crippen LogP contribution in [0.25, 0.3) is 0 Å². The van der Waals surface area contributed by atoms with Gasteiger partial charge in [-0.3, -0.25) is 0 Å². The van der Waals surface area contributed by atoms with Crippen LogP contribution in [0.2, 0.25) is 0 Å². The lowest BCUT2D eigenvalue weighted by atomic mass is 10.1. The average molecular weight is 215 g/mol. The predicted molar refractivity (Wildman–Crippen MR) is 49.8 cm³/mol. The molecule has 0 aromatic heterocycles. The van der Waals surface area contributed by atoms with E-state index in [1.165, 1.54) is 5.56 Å². The molecule has 0 saturated carbocycles. The maximum Gasteiger partial charge on any atom is 0.116 e. The Bertz CT molecular complexity index is 245. The second-order valence-electron chi connectivity index (χ2n) is 2.53. The summed E-state index contributed by atoms with van der Waals surface area (Å²) in [5, 5.41) is 9.08. The van der Waals surface area contributed by atoms with Crippen molar-refractivity contribution in [2.24, 2.45) is 0 Å². The molecule has 0 spiro atoms. The Balaban J connectivity index is 2.90. The van der Waals surface area contributed by atoms with Crippen molar-refractivity contribution in [1.29, 1.82) is 0 Å². The van der Waals surface area contributed by atoms with Crippen LogP contribution in [0.4, 0.5) is 0 Å². The molecule has 0 radical (unpaired) electrons. The van der Waals surface area contributed by atoms with Gasteiger partial charge < -0.3 is 5.11 Å².